The summed E-state index contributed by atoms with van der Waals surface area (Å²) in [4.78, 5) is 21.2. The number of hydrogen-bond acceptors (Lipinski definition) is 3. The molecule has 0 radical (unpaired) electrons. The molecule has 0 spiro atoms. The van der Waals surface area contributed by atoms with Crippen LogP contribution in [-0.4, -0.2) is 24.4 Å². The molecule has 2 amide bonds. The van der Waals surface area contributed by atoms with E-state index in [0.717, 1.165) is 38.6 Å². The van der Waals surface area contributed by atoms with Crippen molar-refractivity contribution in [2.75, 3.05) is 6.54 Å². The first-order chi connectivity index (χ1) is 11.1. The molecule has 1 rings (SSSR count). The molecule has 136 valence electrons. The van der Waals surface area contributed by atoms with Crippen molar-refractivity contribution in [2.45, 2.75) is 96.4 Å². The highest BCUT2D eigenvalue weighted by Gasteiger charge is 2.14. The van der Waals surface area contributed by atoms with Gasteiger partial charge in [0.2, 0.25) is 11.8 Å². The van der Waals surface area contributed by atoms with Gasteiger partial charge in [-0.1, -0.05) is 58.3 Å². The van der Waals surface area contributed by atoms with Crippen LogP contribution in [0.1, 0.15) is 90.4 Å². The third-order valence-corrected chi connectivity index (χ3v) is 4.10. The molecule has 0 aromatic heterocycles. The van der Waals surface area contributed by atoms with Crippen LogP contribution in [0.2, 0.25) is 0 Å². The summed E-state index contributed by atoms with van der Waals surface area (Å²) < 4.78 is 0. The van der Waals surface area contributed by atoms with E-state index in [1.807, 2.05) is 0 Å². The van der Waals surface area contributed by atoms with Gasteiger partial charge < -0.3 is 16.8 Å². The standard InChI is InChI=1S/C12H25NO.C6H12N2O/c1-2-3-4-5-6-7-8-9-10-11-12(13)14;7-5-3-1-2-4-8-6(5)9/h2-11H2,1H3,(H2,13,14);5H,1-4,7H2,(H,8,9). The number of primary amides is 1. The van der Waals surface area contributed by atoms with Crippen molar-refractivity contribution in [3.63, 3.8) is 0 Å². The van der Waals surface area contributed by atoms with E-state index in [0.29, 0.717) is 6.42 Å². The molecule has 1 aliphatic rings. The number of nitrogens with two attached hydrogens (primary N) is 2. The molecule has 23 heavy (non-hydrogen) atoms. The molecule has 5 N–H and O–H groups in total. The van der Waals surface area contributed by atoms with Crippen molar-refractivity contribution >= 4 is 11.8 Å². The summed E-state index contributed by atoms with van der Waals surface area (Å²) in [7, 11) is 0. The molecule has 0 aromatic carbocycles. The summed E-state index contributed by atoms with van der Waals surface area (Å²) in [5.41, 5.74) is 10.5. The molecule has 1 unspecified atom stereocenters. The second-order valence-corrected chi connectivity index (χ2v) is 6.44. The van der Waals surface area contributed by atoms with Crippen molar-refractivity contribution in [1.82, 2.24) is 5.32 Å². The van der Waals surface area contributed by atoms with Crippen LogP contribution in [0, 0.1) is 0 Å². The maximum atomic E-state index is 10.8. The third-order valence-electron chi connectivity index (χ3n) is 4.10. The fourth-order valence-electron chi connectivity index (χ4n) is 2.57. The minimum atomic E-state index is -0.257. The van der Waals surface area contributed by atoms with Crippen LogP contribution in [0.5, 0.6) is 0 Å². The average molecular weight is 328 g/mol. The Balaban J connectivity index is 0.000000459. The molecule has 0 bridgehead atoms. The summed E-state index contributed by atoms with van der Waals surface area (Å²) in [6.45, 7) is 3.04. The molecular formula is C18H37N3O2. The Morgan fingerprint density at radius 2 is 1.61 bits per heavy atom. The first kappa shape index (κ1) is 21.9. The quantitative estimate of drug-likeness (QED) is 0.538. The minimum absolute atomic E-state index is 0.00694. The van der Waals surface area contributed by atoms with E-state index in [2.05, 4.69) is 12.2 Å². The number of rotatable bonds is 10. The predicted octanol–water partition coefficient (Wildman–Crippen LogP) is 3.01. The van der Waals surface area contributed by atoms with Gasteiger partial charge in [0.05, 0.1) is 6.04 Å². The van der Waals surface area contributed by atoms with Crippen LogP contribution in [0.3, 0.4) is 0 Å². The summed E-state index contributed by atoms with van der Waals surface area (Å²) in [6, 6.07) is -0.257. The van der Waals surface area contributed by atoms with Crippen LogP contribution in [0.15, 0.2) is 0 Å². The smallest absolute Gasteiger partial charge is 0.236 e. The highest BCUT2D eigenvalue weighted by Crippen LogP contribution is 2.10. The number of carbonyl (C=O) groups excluding carboxylic acids is 2. The van der Waals surface area contributed by atoms with Crippen molar-refractivity contribution < 1.29 is 9.59 Å². The molecule has 0 aliphatic carbocycles. The van der Waals surface area contributed by atoms with Gasteiger partial charge in [-0.3, -0.25) is 9.59 Å². The Bertz CT molecular complexity index is 309. The summed E-state index contributed by atoms with van der Waals surface area (Å²) in [5, 5.41) is 2.73. The second kappa shape index (κ2) is 15.8. The van der Waals surface area contributed by atoms with Crippen molar-refractivity contribution in [1.29, 1.82) is 0 Å². The largest absolute Gasteiger partial charge is 0.370 e. The van der Waals surface area contributed by atoms with E-state index in [4.69, 9.17) is 11.5 Å². The Morgan fingerprint density at radius 3 is 2.17 bits per heavy atom. The number of amides is 2. The van der Waals surface area contributed by atoms with Crippen LogP contribution < -0.4 is 16.8 Å². The van der Waals surface area contributed by atoms with E-state index in [9.17, 15) is 9.59 Å². The first-order valence-corrected chi connectivity index (χ1v) is 9.39. The number of carbonyl (C=O) groups is 2. The second-order valence-electron chi connectivity index (χ2n) is 6.44. The third kappa shape index (κ3) is 15.6. The Labute approximate surface area is 141 Å². The Kier molecular flexibility index (Phi) is 15.0. The topological polar surface area (TPSA) is 98.2 Å². The Morgan fingerprint density at radius 1 is 1.04 bits per heavy atom. The van der Waals surface area contributed by atoms with Crippen LogP contribution in [0.4, 0.5) is 0 Å². The van der Waals surface area contributed by atoms with Gasteiger partial charge in [0, 0.05) is 13.0 Å². The average Bonchev–Trinajstić information content (AvgIpc) is 2.71. The van der Waals surface area contributed by atoms with Crippen LogP contribution >= 0.6 is 0 Å². The minimum Gasteiger partial charge on any atom is -0.370 e. The maximum absolute atomic E-state index is 10.8. The molecule has 1 saturated heterocycles. The highest BCUT2D eigenvalue weighted by molar-refractivity contribution is 5.81. The van der Waals surface area contributed by atoms with Crippen molar-refractivity contribution in [3.8, 4) is 0 Å². The first-order valence-electron chi connectivity index (χ1n) is 9.39. The van der Waals surface area contributed by atoms with E-state index in [1.165, 1.54) is 44.9 Å². The molecule has 1 heterocycles. The monoisotopic (exact) mass is 327 g/mol. The maximum Gasteiger partial charge on any atom is 0.236 e. The highest BCUT2D eigenvalue weighted by atomic mass is 16.2. The van der Waals surface area contributed by atoms with Gasteiger partial charge in [-0.05, 0) is 25.7 Å². The number of nitrogens with one attached hydrogen (secondary N) is 1. The summed E-state index contributed by atoms with van der Waals surface area (Å²) >= 11 is 0. The zero-order chi connectivity index (χ0) is 17.3. The fourth-order valence-corrected chi connectivity index (χ4v) is 2.57. The van der Waals surface area contributed by atoms with Gasteiger partial charge in [-0.15, -0.1) is 0 Å². The lowest BCUT2D eigenvalue weighted by molar-refractivity contribution is -0.122. The zero-order valence-electron chi connectivity index (χ0n) is 14.9. The molecule has 5 heteroatoms. The Hall–Kier alpha value is -1.10. The van der Waals surface area contributed by atoms with Gasteiger partial charge in [0.1, 0.15) is 0 Å². The van der Waals surface area contributed by atoms with Gasteiger partial charge >= 0.3 is 0 Å². The van der Waals surface area contributed by atoms with E-state index < -0.39 is 0 Å². The van der Waals surface area contributed by atoms with Gasteiger partial charge in [0.25, 0.3) is 0 Å². The van der Waals surface area contributed by atoms with E-state index >= 15 is 0 Å². The molecule has 0 aromatic rings. The van der Waals surface area contributed by atoms with E-state index in [-0.39, 0.29) is 17.9 Å². The van der Waals surface area contributed by atoms with Crippen molar-refractivity contribution in [3.05, 3.63) is 0 Å². The lowest BCUT2D eigenvalue weighted by atomic mass is 10.1. The van der Waals surface area contributed by atoms with Gasteiger partial charge in [-0.25, -0.2) is 0 Å². The van der Waals surface area contributed by atoms with Crippen LogP contribution in [-0.2, 0) is 9.59 Å². The number of hydrogen-bond donors (Lipinski definition) is 3. The lowest BCUT2D eigenvalue weighted by Gasteiger charge is -2.03. The fraction of sp³-hybridized carbons (Fsp3) is 0.889. The molecule has 0 saturated carbocycles. The lowest BCUT2D eigenvalue weighted by Crippen LogP contribution is -2.38. The molecular weight excluding hydrogens is 290 g/mol. The molecule has 5 nitrogen and oxygen atoms in total. The zero-order valence-corrected chi connectivity index (χ0v) is 14.9. The molecule has 1 fully saturated rings. The molecule has 1 atom stereocenters. The summed E-state index contributed by atoms with van der Waals surface area (Å²) in [5.74, 6) is -0.152. The predicted molar refractivity (Wildman–Crippen MR) is 95.9 cm³/mol. The van der Waals surface area contributed by atoms with E-state index in [1.54, 1.807) is 0 Å². The van der Waals surface area contributed by atoms with Crippen LogP contribution in [0.25, 0.3) is 0 Å². The normalized spacial score (nSPS) is 17.7. The molecule has 1 aliphatic heterocycles. The SMILES string of the molecule is CCCCCCCCCCCC(N)=O.NC1CCCCNC1=O. The van der Waals surface area contributed by atoms with Gasteiger partial charge in [0.15, 0.2) is 0 Å². The number of unbranched alkanes of at least 4 members (excludes halogenated alkanes) is 8. The van der Waals surface area contributed by atoms with Crippen molar-refractivity contribution in [2.24, 2.45) is 11.5 Å². The van der Waals surface area contributed by atoms with Gasteiger partial charge in [-0.2, -0.15) is 0 Å². The summed E-state index contributed by atoms with van der Waals surface area (Å²) in [6.07, 6.45) is 15.1.